The second-order valence-electron chi connectivity index (χ2n) is 4.40. The normalized spacial score (nSPS) is 12.7. The Balaban J connectivity index is 2.00. The fraction of sp³-hybridized carbons (Fsp3) is 0.357. The molecule has 0 saturated carbocycles. The molecule has 0 aliphatic rings. The van der Waals surface area contributed by atoms with Gasteiger partial charge in [0, 0.05) is 17.5 Å². The third kappa shape index (κ3) is 3.15. The number of hydrogen-bond acceptors (Lipinski definition) is 3. The summed E-state index contributed by atoms with van der Waals surface area (Å²) < 4.78 is 13.1. The van der Waals surface area contributed by atoms with Gasteiger partial charge in [-0.2, -0.15) is 0 Å². The van der Waals surface area contributed by atoms with Crippen molar-refractivity contribution in [2.45, 2.75) is 33.4 Å². The molecule has 0 fully saturated rings. The van der Waals surface area contributed by atoms with Crippen molar-refractivity contribution in [3.05, 3.63) is 51.2 Å². The first-order valence-corrected chi connectivity index (χ1v) is 6.79. The lowest BCUT2D eigenvalue weighted by Gasteiger charge is -2.13. The summed E-state index contributed by atoms with van der Waals surface area (Å²) in [5, 5.41) is 4.49. The molecule has 1 atom stereocenters. The summed E-state index contributed by atoms with van der Waals surface area (Å²) in [4.78, 5) is 5.64. The van der Waals surface area contributed by atoms with Gasteiger partial charge in [0.05, 0.1) is 10.7 Å². The Kier molecular flexibility index (Phi) is 4.09. The Morgan fingerprint density at radius 2 is 2.17 bits per heavy atom. The van der Waals surface area contributed by atoms with Gasteiger partial charge in [0.2, 0.25) is 0 Å². The maximum absolute atomic E-state index is 13.1. The average molecular weight is 264 g/mol. The highest BCUT2D eigenvalue weighted by Crippen LogP contribution is 2.19. The lowest BCUT2D eigenvalue weighted by atomic mass is 10.1. The van der Waals surface area contributed by atoms with Gasteiger partial charge in [-0.3, -0.25) is 0 Å². The third-order valence-electron chi connectivity index (χ3n) is 2.92. The molecule has 1 heterocycles. The lowest BCUT2D eigenvalue weighted by molar-refractivity contribution is 0.567. The van der Waals surface area contributed by atoms with Crippen LogP contribution in [0, 0.1) is 19.7 Å². The number of aryl methyl sites for hydroxylation is 2. The predicted molar refractivity (Wildman–Crippen MR) is 73.2 cm³/mol. The van der Waals surface area contributed by atoms with Crippen LogP contribution < -0.4 is 5.32 Å². The molecule has 1 aromatic heterocycles. The minimum Gasteiger partial charge on any atom is -0.305 e. The van der Waals surface area contributed by atoms with Gasteiger partial charge in [-0.25, -0.2) is 9.37 Å². The molecule has 0 aliphatic heterocycles. The smallest absolute Gasteiger partial charge is 0.123 e. The van der Waals surface area contributed by atoms with E-state index in [1.165, 1.54) is 10.9 Å². The second-order valence-corrected chi connectivity index (χ2v) is 5.69. The fourth-order valence-corrected chi connectivity index (χ4v) is 2.77. The summed E-state index contributed by atoms with van der Waals surface area (Å²) in [6, 6.07) is 6.84. The molecule has 0 bridgehead atoms. The van der Waals surface area contributed by atoms with Gasteiger partial charge < -0.3 is 5.32 Å². The molecule has 0 spiro atoms. The van der Waals surface area contributed by atoms with E-state index >= 15 is 0 Å². The minimum atomic E-state index is -0.189. The van der Waals surface area contributed by atoms with E-state index in [1.54, 1.807) is 23.5 Å². The highest BCUT2D eigenvalue weighted by molar-refractivity contribution is 7.11. The number of aromatic nitrogens is 1. The zero-order chi connectivity index (χ0) is 13.1. The molecular formula is C14H17FN2S. The molecule has 0 aliphatic carbocycles. The largest absolute Gasteiger partial charge is 0.305 e. The summed E-state index contributed by atoms with van der Waals surface area (Å²) in [7, 11) is 0. The molecule has 4 heteroatoms. The first kappa shape index (κ1) is 13.2. The number of rotatable bonds is 4. The molecule has 0 saturated heterocycles. The molecule has 0 unspecified atom stereocenters. The van der Waals surface area contributed by atoms with E-state index < -0.39 is 0 Å². The van der Waals surface area contributed by atoms with Gasteiger partial charge in [-0.15, -0.1) is 11.3 Å². The van der Waals surface area contributed by atoms with Crippen LogP contribution in [0.2, 0.25) is 0 Å². The van der Waals surface area contributed by atoms with Crippen LogP contribution in [-0.4, -0.2) is 4.98 Å². The second kappa shape index (κ2) is 5.59. The van der Waals surface area contributed by atoms with E-state index in [0.717, 1.165) is 22.8 Å². The van der Waals surface area contributed by atoms with E-state index in [4.69, 9.17) is 0 Å². The van der Waals surface area contributed by atoms with Gasteiger partial charge in [0.25, 0.3) is 0 Å². The van der Waals surface area contributed by atoms with Crippen molar-refractivity contribution in [1.29, 1.82) is 0 Å². The maximum Gasteiger partial charge on any atom is 0.123 e. The van der Waals surface area contributed by atoms with Crippen molar-refractivity contribution in [1.82, 2.24) is 10.3 Å². The topological polar surface area (TPSA) is 24.9 Å². The molecule has 2 aromatic rings. The quantitative estimate of drug-likeness (QED) is 0.909. The van der Waals surface area contributed by atoms with Crippen molar-refractivity contribution in [3.8, 4) is 0 Å². The molecular weight excluding hydrogens is 247 g/mol. The average Bonchev–Trinajstić information content (AvgIpc) is 2.65. The third-order valence-corrected chi connectivity index (χ3v) is 3.99. The van der Waals surface area contributed by atoms with E-state index in [-0.39, 0.29) is 11.9 Å². The Morgan fingerprint density at radius 3 is 2.78 bits per heavy atom. The van der Waals surface area contributed by atoms with Gasteiger partial charge in [-0.05, 0) is 38.5 Å². The molecule has 96 valence electrons. The minimum absolute atomic E-state index is 0.127. The van der Waals surface area contributed by atoms with E-state index in [0.29, 0.717) is 0 Å². The zero-order valence-corrected chi connectivity index (χ0v) is 11.6. The van der Waals surface area contributed by atoms with Crippen LogP contribution in [0.15, 0.2) is 24.3 Å². The molecule has 0 radical (unpaired) electrons. The number of thiazole rings is 1. The van der Waals surface area contributed by atoms with Crippen LogP contribution in [0.25, 0.3) is 0 Å². The number of hydrogen-bond donors (Lipinski definition) is 1. The number of nitrogens with zero attached hydrogens (tertiary/aromatic N) is 1. The van der Waals surface area contributed by atoms with Gasteiger partial charge in [0.15, 0.2) is 0 Å². The first-order chi connectivity index (χ1) is 8.56. The van der Waals surface area contributed by atoms with E-state index in [1.807, 2.05) is 26.8 Å². The summed E-state index contributed by atoms with van der Waals surface area (Å²) >= 11 is 1.71. The van der Waals surface area contributed by atoms with Gasteiger partial charge in [-0.1, -0.05) is 12.1 Å². The first-order valence-electron chi connectivity index (χ1n) is 5.98. The highest BCUT2D eigenvalue weighted by atomic mass is 32.1. The lowest BCUT2D eigenvalue weighted by Crippen LogP contribution is -2.18. The Morgan fingerprint density at radius 1 is 1.39 bits per heavy atom. The molecule has 2 rings (SSSR count). The zero-order valence-electron chi connectivity index (χ0n) is 10.8. The monoisotopic (exact) mass is 264 g/mol. The van der Waals surface area contributed by atoms with E-state index in [9.17, 15) is 4.39 Å². The van der Waals surface area contributed by atoms with Crippen LogP contribution in [0.5, 0.6) is 0 Å². The van der Waals surface area contributed by atoms with Crippen molar-refractivity contribution in [3.63, 3.8) is 0 Å². The van der Waals surface area contributed by atoms with Crippen molar-refractivity contribution in [2.75, 3.05) is 0 Å². The van der Waals surface area contributed by atoms with Crippen LogP contribution in [0.3, 0.4) is 0 Å². The van der Waals surface area contributed by atoms with Gasteiger partial charge in [0.1, 0.15) is 5.82 Å². The van der Waals surface area contributed by atoms with Crippen molar-refractivity contribution in [2.24, 2.45) is 0 Å². The number of nitrogens with one attached hydrogen (secondary N) is 1. The van der Waals surface area contributed by atoms with Crippen molar-refractivity contribution < 1.29 is 4.39 Å². The standard InChI is InChI=1S/C14H17FN2S/c1-9(12-5-4-6-13(15)7-12)16-8-14-10(2)17-11(3)18-14/h4-7,9,16H,8H2,1-3H3/t9-/m0/s1. The number of benzene rings is 1. The predicted octanol–water partition coefficient (Wildman–Crippen LogP) is 3.75. The van der Waals surface area contributed by atoms with Crippen LogP contribution in [0.4, 0.5) is 4.39 Å². The Bertz CT molecular complexity index is 536. The van der Waals surface area contributed by atoms with Crippen LogP contribution >= 0.6 is 11.3 Å². The summed E-state index contributed by atoms with van der Waals surface area (Å²) in [5.74, 6) is -0.189. The number of halogens is 1. The Hall–Kier alpha value is -1.26. The van der Waals surface area contributed by atoms with Crippen LogP contribution in [0.1, 0.15) is 34.1 Å². The maximum atomic E-state index is 13.1. The van der Waals surface area contributed by atoms with Crippen LogP contribution in [-0.2, 0) is 6.54 Å². The van der Waals surface area contributed by atoms with Crippen molar-refractivity contribution >= 4 is 11.3 Å². The summed E-state index contributed by atoms with van der Waals surface area (Å²) in [6.45, 7) is 6.84. The SMILES string of the molecule is Cc1nc(C)c(CN[C@@H](C)c2cccc(F)c2)s1. The van der Waals surface area contributed by atoms with Gasteiger partial charge >= 0.3 is 0 Å². The molecule has 2 nitrogen and oxygen atoms in total. The fourth-order valence-electron chi connectivity index (χ4n) is 1.88. The molecule has 0 amide bonds. The molecule has 1 aromatic carbocycles. The molecule has 1 N–H and O–H groups in total. The summed E-state index contributed by atoms with van der Waals surface area (Å²) in [5.41, 5.74) is 2.05. The highest BCUT2D eigenvalue weighted by Gasteiger charge is 2.09. The Labute approximate surface area is 111 Å². The molecule has 18 heavy (non-hydrogen) atoms. The summed E-state index contributed by atoms with van der Waals surface area (Å²) in [6.07, 6.45) is 0. The van der Waals surface area contributed by atoms with E-state index in [2.05, 4.69) is 10.3 Å².